The molecule has 1 fully saturated rings. The van der Waals surface area contributed by atoms with Crippen molar-refractivity contribution >= 4 is 50.7 Å². The SMILES string of the molecule is Nc1[nH]cc2cc(NC(=O)[C@H](O)[C@H]3OCCN(c4cccc5[nH]c(=O)ccc45)C3=O)ccc12. The van der Waals surface area contributed by atoms with Crippen molar-refractivity contribution in [1.29, 1.82) is 0 Å². The van der Waals surface area contributed by atoms with Gasteiger partial charge in [-0.3, -0.25) is 14.4 Å². The minimum atomic E-state index is -1.72. The molecule has 2 aromatic heterocycles. The van der Waals surface area contributed by atoms with E-state index in [1.807, 2.05) is 0 Å². The van der Waals surface area contributed by atoms with Crippen LogP contribution in [0.1, 0.15) is 0 Å². The second kappa shape index (κ2) is 8.08. The van der Waals surface area contributed by atoms with Crippen LogP contribution in [-0.4, -0.2) is 52.2 Å². The molecule has 0 aliphatic carbocycles. The molecule has 0 radical (unpaired) electrons. The Labute approximate surface area is 187 Å². The number of amides is 2. The first-order valence-corrected chi connectivity index (χ1v) is 10.3. The van der Waals surface area contributed by atoms with Gasteiger partial charge < -0.3 is 35.8 Å². The van der Waals surface area contributed by atoms with Gasteiger partial charge in [-0.2, -0.15) is 0 Å². The lowest BCUT2D eigenvalue weighted by atomic mass is 10.1. The molecule has 2 aromatic carbocycles. The number of carbonyl (C=O) groups is 2. The molecule has 0 spiro atoms. The van der Waals surface area contributed by atoms with Crippen LogP contribution in [-0.2, 0) is 14.3 Å². The second-order valence-electron chi connectivity index (χ2n) is 7.78. The Morgan fingerprint density at radius 2 is 2.00 bits per heavy atom. The van der Waals surface area contributed by atoms with E-state index < -0.39 is 24.0 Å². The number of ether oxygens (including phenoxy) is 1. The van der Waals surface area contributed by atoms with E-state index in [1.54, 1.807) is 48.7 Å². The van der Waals surface area contributed by atoms with Crippen LogP contribution in [0.3, 0.4) is 0 Å². The lowest BCUT2D eigenvalue weighted by Crippen LogP contribution is -2.55. The summed E-state index contributed by atoms with van der Waals surface area (Å²) in [5.41, 5.74) is 7.17. The van der Waals surface area contributed by atoms with Gasteiger partial charge in [-0.05, 0) is 36.4 Å². The van der Waals surface area contributed by atoms with Gasteiger partial charge in [0.2, 0.25) is 5.56 Å². The molecule has 2 atom stereocenters. The first-order valence-electron chi connectivity index (χ1n) is 10.3. The minimum Gasteiger partial charge on any atom is -0.385 e. The number of fused-ring (bicyclic) bond motifs is 2. The molecule has 0 unspecified atom stereocenters. The highest BCUT2D eigenvalue weighted by Crippen LogP contribution is 2.28. The summed E-state index contributed by atoms with van der Waals surface area (Å²) < 4.78 is 5.49. The average molecular weight is 447 g/mol. The third-order valence-corrected chi connectivity index (χ3v) is 5.70. The minimum absolute atomic E-state index is 0.134. The fourth-order valence-corrected chi connectivity index (χ4v) is 4.07. The van der Waals surface area contributed by atoms with Gasteiger partial charge in [-0.1, -0.05) is 6.07 Å². The van der Waals surface area contributed by atoms with Gasteiger partial charge >= 0.3 is 0 Å². The van der Waals surface area contributed by atoms with Crippen LogP contribution in [0.5, 0.6) is 0 Å². The van der Waals surface area contributed by atoms with E-state index in [0.717, 1.165) is 10.8 Å². The van der Waals surface area contributed by atoms with Crippen LogP contribution in [0, 0.1) is 0 Å². The Morgan fingerprint density at radius 3 is 2.85 bits per heavy atom. The smallest absolute Gasteiger partial charge is 0.259 e. The van der Waals surface area contributed by atoms with Crippen molar-refractivity contribution in [2.75, 3.05) is 29.1 Å². The van der Waals surface area contributed by atoms with Crippen LogP contribution < -0.4 is 21.5 Å². The van der Waals surface area contributed by atoms with Crippen LogP contribution in [0.2, 0.25) is 0 Å². The third-order valence-electron chi connectivity index (χ3n) is 5.70. The Hall–Kier alpha value is -4.15. The summed E-state index contributed by atoms with van der Waals surface area (Å²) >= 11 is 0. The molecule has 0 bridgehead atoms. The molecular formula is C23H21N5O5. The largest absolute Gasteiger partial charge is 0.385 e. The van der Waals surface area contributed by atoms with E-state index in [0.29, 0.717) is 28.1 Å². The van der Waals surface area contributed by atoms with E-state index >= 15 is 0 Å². The number of aromatic amines is 2. The molecule has 5 rings (SSSR count). The number of nitrogens with two attached hydrogens (primary N) is 1. The van der Waals surface area contributed by atoms with Crippen LogP contribution in [0.4, 0.5) is 17.2 Å². The van der Waals surface area contributed by atoms with Crippen molar-refractivity contribution in [3.63, 3.8) is 0 Å². The molecule has 1 aliphatic heterocycles. The fourth-order valence-electron chi connectivity index (χ4n) is 4.07. The number of hydrogen-bond acceptors (Lipinski definition) is 6. The maximum Gasteiger partial charge on any atom is 0.259 e. The zero-order valence-corrected chi connectivity index (χ0v) is 17.4. The zero-order valence-electron chi connectivity index (χ0n) is 17.4. The predicted molar refractivity (Wildman–Crippen MR) is 124 cm³/mol. The van der Waals surface area contributed by atoms with Crippen molar-refractivity contribution in [2.45, 2.75) is 12.2 Å². The van der Waals surface area contributed by atoms with Crippen molar-refractivity contribution in [3.8, 4) is 0 Å². The van der Waals surface area contributed by atoms with E-state index in [9.17, 15) is 19.5 Å². The maximum atomic E-state index is 13.2. The van der Waals surface area contributed by atoms with Crippen LogP contribution in [0.15, 0.2) is 59.5 Å². The van der Waals surface area contributed by atoms with Crippen LogP contribution in [0.25, 0.3) is 21.7 Å². The number of hydrogen-bond donors (Lipinski definition) is 5. The standard InChI is InChI=1S/C23H21N5O5/c24-21-14-5-4-13(10-12(14)11-25-21)26-22(31)19(30)20-23(32)28(8-9-33-20)17-3-1-2-16-15(17)6-7-18(29)27-16/h1-7,10-11,19-20,25,30H,8-9,24H2,(H,26,31)(H,27,29)/t19-,20-/m1/s1. The molecule has 3 heterocycles. The highest BCUT2D eigenvalue weighted by Gasteiger charge is 2.39. The lowest BCUT2D eigenvalue weighted by Gasteiger charge is -2.34. The van der Waals surface area contributed by atoms with Crippen molar-refractivity contribution in [1.82, 2.24) is 9.97 Å². The molecule has 0 saturated carbocycles. The quantitative estimate of drug-likeness (QED) is 0.318. The number of benzene rings is 2. The van der Waals surface area contributed by atoms with Gasteiger partial charge in [0.15, 0.2) is 12.2 Å². The molecule has 4 aromatic rings. The molecule has 1 aliphatic rings. The van der Waals surface area contributed by atoms with Gasteiger partial charge in [-0.25, -0.2) is 0 Å². The van der Waals surface area contributed by atoms with Gasteiger partial charge in [-0.15, -0.1) is 0 Å². The Morgan fingerprint density at radius 1 is 1.18 bits per heavy atom. The molecular weight excluding hydrogens is 426 g/mol. The number of anilines is 3. The van der Waals surface area contributed by atoms with Gasteiger partial charge in [0.25, 0.3) is 11.8 Å². The highest BCUT2D eigenvalue weighted by molar-refractivity contribution is 6.08. The van der Waals surface area contributed by atoms with Gasteiger partial charge in [0.1, 0.15) is 5.82 Å². The number of aliphatic hydroxyl groups is 1. The summed E-state index contributed by atoms with van der Waals surface area (Å²) in [5.74, 6) is -0.793. The van der Waals surface area contributed by atoms with E-state index in [-0.39, 0.29) is 18.7 Å². The first-order chi connectivity index (χ1) is 15.9. The number of H-pyrrole nitrogens is 2. The monoisotopic (exact) mass is 447 g/mol. The molecule has 6 N–H and O–H groups in total. The first kappa shape index (κ1) is 20.7. The Kier molecular flexibility index (Phi) is 5.08. The maximum absolute atomic E-state index is 13.2. The zero-order chi connectivity index (χ0) is 23.1. The van der Waals surface area contributed by atoms with E-state index in [2.05, 4.69) is 15.3 Å². The van der Waals surface area contributed by atoms with Gasteiger partial charge in [0.05, 0.1) is 17.8 Å². The summed E-state index contributed by atoms with van der Waals surface area (Å²) in [7, 11) is 0. The second-order valence-corrected chi connectivity index (χ2v) is 7.78. The number of rotatable bonds is 4. The number of nitrogens with one attached hydrogen (secondary N) is 3. The number of aliphatic hydroxyl groups excluding tert-OH is 1. The predicted octanol–water partition coefficient (Wildman–Crippen LogP) is 1.32. The number of carbonyl (C=O) groups excluding carboxylic acids is 2. The number of nitrogens with zero attached hydrogens (tertiary/aromatic N) is 1. The Bertz CT molecular complexity index is 1440. The van der Waals surface area contributed by atoms with Crippen molar-refractivity contribution in [2.24, 2.45) is 0 Å². The van der Waals surface area contributed by atoms with E-state index in [4.69, 9.17) is 10.5 Å². The number of pyridine rings is 1. The highest BCUT2D eigenvalue weighted by atomic mass is 16.5. The number of nitrogen functional groups attached to an aromatic ring is 1. The topological polar surface area (TPSA) is 154 Å². The fraction of sp³-hybridized carbons (Fsp3) is 0.174. The molecule has 1 saturated heterocycles. The van der Waals surface area contributed by atoms with Gasteiger partial charge in [0, 0.05) is 40.7 Å². The van der Waals surface area contributed by atoms with Crippen molar-refractivity contribution in [3.05, 3.63) is 65.1 Å². The summed E-state index contributed by atoms with van der Waals surface area (Å²) in [4.78, 5) is 44.6. The third kappa shape index (κ3) is 3.71. The summed E-state index contributed by atoms with van der Waals surface area (Å²) in [6.07, 6.45) is -1.38. The summed E-state index contributed by atoms with van der Waals surface area (Å²) in [6.45, 7) is 0.378. The summed E-state index contributed by atoms with van der Waals surface area (Å²) in [6, 6.07) is 13.3. The molecule has 2 amide bonds. The Balaban J connectivity index is 1.37. The lowest BCUT2D eigenvalue weighted by molar-refractivity contribution is -0.150. The molecule has 10 heteroatoms. The van der Waals surface area contributed by atoms with Crippen molar-refractivity contribution < 1.29 is 19.4 Å². The average Bonchev–Trinajstić information content (AvgIpc) is 3.18. The number of morpholine rings is 1. The normalized spacial score (nSPS) is 17.4. The molecule has 10 nitrogen and oxygen atoms in total. The molecule has 168 valence electrons. The van der Waals surface area contributed by atoms with Crippen LogP contribution >= 0.6 is 0 Å². The molecule has 33 heavy (non-hydrogen) atoms. The summed E-state index contributed by atoms with van der Waals surface area (Å²) in [5, 5.41) is 15.5. The number of aromatic nitrogens is 2. The van der Waals surface area contributed by atoms with E-state index in [1.165, 1.54) is 11.0 Å².